The minimum absolute atomic E-state index is 0.0583. The minimum atomic E-state index is -0.632. The number of hydrogen-bond donors (Lipinski definition) is 1. The molecule has 190 valence electrons. The first-order chi connectivity index (χ1) is 17.3. The molecule has 0 saturated carbocycles. The maximum atomic E-state index is 14.1. The largest absolute Gasteiger partial charge is 0.463 e. The van der Waals surface area contributed by atoms with Crippen molar-refractivity contribution in [3.8, 4) is 0 Å². The van der Waals surface area contributed by atoms with Crippen molar-refractivity contribution in [2.24, 2.45) is 0 Å². The van der Waals surface area contributed by atoms with Crippen LogP contribution in [0.15, 0.2) is 59.8 Å². The number of likely N-dealkylation sites (N-methyl/N-ethyl adjacent to an activating group) is 1. The number of rotatable bonds is 6. The molecule has 0 radical (unpaired) electrons. The van der Waals surface area contributed by atoms with E-state index in [1.807, 2.05) is 31.2 Å². The van der Waals surface area contributed by atoms with Crippen LogP contribution in [0.5, 0.6) is 0 Å². The van der Waals surface area contributed by atoms with Gasteiger partial charge < -0.3 is 15.0 Å². The second-order valence-corrected chi connectivity index (χ2v) is 8.93. The maximum absolute atomic E-state index is 14.1. The molecule has 0 spiro atoms. The molecule has 2 aromatic rings. The van der Waals surface area contributed by atoms with E-state index in [9.17, 15) is 18.8 Å². The summed E-state index contributed by atoms with van der Waals surface area (Å²) in [5.74, 6) is -1.35. The summed E-state index contributed by atoms with van der Waals surface area (Å²) in [7, 11) is 1.63. The smallest absolute Gasteiger partial charge is 0.338 e. The predicted molar refractivity (Wildman–Crippen MR) is 133 cm³/mol. The standard InChI is InChI=1S/C27H31FN4O4/c1-4-36-26(34)23-22(30(3)27(35)29-24(23)19-10-6-5-9-18(19)2)17-31-13-15-32(16-14-31)25(33)20-11-7-8-12-21(20)28/h5-12,24H,4,13-17H2,1-3H3,(H,29,35). The Labute approximate surface area is 210 Å². The van der Waals surface area contributed by atoms with Crippen LogP contribution in [0.4, 0.5) is 9.18 Å². The van der Waals surface area contributed by atoms with Crippen LogP contribution in [0.2, 0.25) is 0 Å². The third-order valence-electron chi connectivity index (χ3n) is 6.71. The molecule has 2 aliphatic rings. The van der Waals surface area contributed by atoms with E-state index in [0.717, 1.165) is 11.1 Å². The van der Waals surface area contributed by atoms with Crippen molar-refractivity contribution in [3.05, 3.63) is 82.3 Å². The van der Waals surface area contributed by atoms with Crippen molar-refractivity contribution < 1.29 is 23.5 Å². The van der Waals surface area contributed by atoms with Gasteiger partial charge in [-0.3, -0.25) is 14.6 Å². The van der Waals surface area contributed by atoms with Crippen LogP contribution < -0.4 is 5.32 Å². The molecule has 4 rings (SSSR count). The van der Waals surface area contributed by atoms with Gasteiger partial charge in [-0.25, -0.2) is 14.0 Å². The van der Waals surface area contributed by atoms with E-state index in [-0.39, 0.29) is 24.1 Å². The van der Waals surface area contributed by atoms with Gasteiger partial charge >= 0.3 is 12.0 Å². The number of piperazine rings is 1. The first-order valence-electron chi connectivity index (χ1n) is 12.1. The van der Waals surface area contributed by atoms with Crippen LogP contribution >= 0.6 is 0 Å². The van der Waals surface area contributed by atoms with Gasteiger partial charge in [0.15, 0.2) is 0 Å². The van der Waals surface area contributed by atoms with Gasteiger partial charge in [0, 0.05) is 45.5 Å². The van der Waals surface area contributed by atoms with Crippen molar-refractivity contribution in [1.82, 2.24) is 20.0 Å². The Morgan fingerprint density at radius 3 is 2.39 bits per heavy atom. The highest BCUT2D eigenvalue weighted by molar-refractivity contribution is 5.95. The monoisotopic (exact) mass is 494 g/mol. The van der Waals surface area contributed by atoms with Crippen LogP contribution in [0.3, 0.4) is 0 Å². The number of esters is 1. The normalized spacial score (nSPS) is 18.8. The van der Waals surface area contributed by atoms with E-state index >= 15 is 0 Å². The van der Waals surface area contributed by atoms with Gasteiger partial charge in [0.05, 0.1) is 23.8 Å². The molecule has 1 saturated heterocycles. The maximum Gasteiger partial charge on any atom is 0.338 e. The molecule has 8 nitrogen and oxygen atoms in total. The van der Waals surface area contributed by atoms with Gasteiger partial charge in [-0.15, -0.1) is 0 Å². The Balaban J connectivity index is 1.58. The van der Waals surface area contributed by atoms with E-state index in [0.29, 0.717) is 44.0 Å². The molecule has 0 aliphatic carbocycles. The molecule has 1 atom stereocenters. The zero-order valence-corrected chi connectivity index (χ0v) is 20.8. The third-order valence-corrected chi connectivity index (χ3v) is 6.71. The Bertz CT molecular complexity index is 1190. The van der Waals surface area contributed by atoms with Gasteiger partial charge in [-0.05, 0) is 37.1 Å². The first-order valence-corrected chi connectivity index (χ1v) is 12.1. The molecule has 2 aromatic carbocycles. The molecule has 3 amide bonds. The Morgan fingerprint density at radius 1 is 1.06 bits per heavy atom. The molecule has 1 fully saturated rings. The zero-order chi connectivity index (χ0) is 25.8. The molecule has 36 heavy (non-hydrogen) atoms. The van der Waals surface area contributed by atoms with Crippen LogP contribution in [0.1, 0.15) is 34.5 Å². The summed E-state index contributed by atoms with van der Waals surface area (Å²) in [6.07, 6.45) is 0. The number of carbonyl (C=O) groups excluding carboxylic acids is 3. The summed E-state index contributed by atoms with van der Waals surface area (Å²) in [6.45, 7) is 6.09. The van der Waals surface area contributed by atoms with Crippen LogP contribution in [0, 0.1) is 12.7 Å². The molecule has 0 bridgehead atoms. The van der Waals surface area contributed by atoms with E-state index in [1.165, 1.54) is 17.0 Å². The number of ether oxygens (including phenoxy) is 1. The Hall–Kier alpha value is -3.72. The summed E-state index contributed by atoms with van der Waals surface area (Å²) < 4.78 is 19.5. The lowest BCUT2D eigenvalue weighted by Gasteiger charge is -2.39. The Morgan fingerprint density at radius 2 is 1.72 bits per heavy atom. The highest BCUT2D eigenvalue weighted by atomic mass is 19.1. The summed E-state index contributed by atoms with van der Waals surface area (Å²) in [4.78, 5) is 44.0. The summed E-state index contributed by atoms with van der Waals surface area (Å²) >= 11 is 0. The van der Waals surface area contributed by atoms with Crippen molar-refractivity contribution in [3.63, 3.8) is 0 Å². The third kappa shape index (κ3) is 5.11. The van der Waals surface area contributed by atoms with Gasteiger partial charge in [0.2, 0.25) is 0 Å². The van der Waals surface area contributed by atoms with E-state index in [4.69, 9.17) is 4.74 Å². The average molecular weight is 495 g/mol. The minimum Gasteiger partial charge on any atom is -0.463 e. The number of nitrogens with one attached hydrogen (secondary N) is 1. The second-order valence-electron chi connectivity index (χ2n) is 8.93. The molecular weight excluding hydrogens is 463 g/mol. The first kappa shape index (κ1) is 25.4. The molecule has 1 N–H and O–H groups in total. The van der Waals surface area contributed by atoms with Crippen molar-refractivity contribution in [1.29, 1.82) is 0 Å². The van der Waals surface area contributed by atoms with E-state index in [2.05, 4.69) is 10.2 Å². The molecule has 0 aromatic heterocycles. The van der Waals surface area contributed by atoms with Gasteiger partial charge in [0.25, 0.3) is 5.91 Å². The lowest BCUT2D eigenvalue weighted by atomic mass is 9.91. The van der Waals surface area contributed by atoms with Crippen molar-refractivity contribution >= 4 is 17.9 Å². The number of carbonyl (C=O) groups is 3. The fourth-order valence-electron chi connectivity index (χ4n) is 4.67. The number of amides is 3. The highest BCUT2D eigenvalue weighted by Crippen LogP contribution is 2.33. The van der Waals surface area contributed by atoms with Gasteiger partial charge in [-0.1, -0.05) is 36.4 Å². The lowest BCUT2D eigenvalue weighted by Crippen LogP contribution is -2.53. The number of halogens is 1. The predicted octanol–water partition coefficient (Wildman–Crippen LogP) is 3.11. The molecule has 1 unspecified atom stereocenters. The fourth-order valence-corrected chi connectivity index (χ4v) is 4.67. The van der Waals surface area contributed by atoms with Crippen LogP contribution in [-0.2, 0) is 9.53 Å². The average Bonchev–Trinajstić information content (AvgIpc) is 2.87. The Kier molecular flexibility index (Phi) is 7.69. The molecular formula is C27H31FN4O4. The SMILES string of the molecule is CCOC(=O)C1=C(CN2CCN(C(=O)c3ccccc3F)CC2)N(C)C(=O)NC1c1ccccc1C. The quantitative estimate of drug-likeness (QED) is 0.624. The van der Waals surface area contributed by atoms with Crippen LogP contribution in [-0.4, -0.2) is 79.0 Å². The lowest BCUT2D eigenvalue weighted by molar-refractivity contribution is -0.139. The van der Waals surface area contributed by atoms with Gasteiger partial charge in [-0.2, -0.15) is 0 Å². The number of aryl methyl sites for hydroxylation is 1. The topological polar surface area (TPSA) is 82.2 Å². The summed E-state index contributed by atoms with van der Waals surface area (Å²) in [5, 5.41) is 2.95. The van der Waals surface area contributed by atoms with Crippen molar-refractivity contribution in [2.75, 3.05) is 46.4 Å². The van der Waals surface area contributed by atoms with Crippen molar-refractivity contribution in [2.45, 2.75) is 19.9 Å². The second kappa shape index (κ2) is 10.9. The van der Waals surface area contributed by atoms with Crippen LogP contribution in [0.25, 0.3) is 0 Å². The number of urea groups is 1. The van der Waals surface area contributed by atoms with E-state index in [1.54, 1.807) is 31.0 Å². The van der Waals surface area contributed by atoms with E-state index < -0.39 is 17.8 Å². The molecule has 2 aliphatic heterocycles. The summed E-state index contributed by atoms with van der Waals surface area (Å²) in [5.41, 5.74) is 2.81. The zero-order valence-electron chi connectivity index (χ0n) is 20.8. The summed E-state index contributed by atoms with van der Waals surface area (Å²) in [6, 6.07) is 12.7. The fraction of sp³-hybridized carbons (Fsp3) is 0.370. The number of benzene rings is 2. The highest BCUT2D eigenvalue weighted by Gasteiger charge is 2.38. The molecule has 2 heterocycles. The number of nitrogens with zero attached hydrogens (tertiary/aromatic N) is 3. The molecule has 9 heteroatoms. The number of hydrogen-bond acceptors (Lipinski definition) is 5. The van der Waals surface area contributed by atoms with Gasteiger partial charge in [0.1, 0.15) is 5.82 Å².